The molecule has 0 radical (unpaired) electrons. The summed E-state index contributed by atoms with van der Waals surface area (Å²) in [6, 6.07) is 57.8. The first-order valence-electron chi connectivity index (χ1n) is 16.7. The maximum Gasteiger partial charge on any atom is 0.0546 e. The average Bonchev–Trinajstić information content (AvgIpc) is 3.08. The highest BCUT2D eigenvalue weighted by Crippen LogP contribution is 2.47. The Morgan fingerprint density at radius 3 is 1.02 bits per heavy atom. The van der Waals surface area contributed by atoms with Gasteiger partial charge in [0.15, 0.2) is 0 Å². The zero-order valence-corrected chi connectivity index (χ0v) is 27.9. The van der Waals surface area contributed by atoms with Crippen molar-refractivity contribution in [2.24, 2.45) is 0 Å². The predicted molar refractivity (Wildman–Crippen MR) is 207 cm³/mol. The predicted octanol–water partition coefficient (Wildman–Crippen LogP) is 13.3. The van der Waals surface area contributed by atoms with Crippen LogP contribution in [0, 0.1) is 27.7 Å². The van der Waals surface area contributed by atoms with Gasteiger partial charge < -0.3 is 9.80 Å². The Morgan fingerprint density at radius 2 is 0.646 bits per heavy atom. The first-order valence-corrected chi connectivity index (χ1v) is 16.7. The molecule has 0 spiro atoms. The number of hydrogen-bond donors (Lipinski definition) is 0. The second-order valence-corrected chi connectivity index (χ2v) is 13.0. The highest BCUT2D eigenvalue weighted by Gasteiger charge is 2.22. The number of fused-ring (bicyclic) bond motifs is 5. The molecule has 8 rings (SSSR count). The van der Waals surface area contributed by atoms with E-state index in [2.05, 4.69) is 195 Å². The Morgan fingerprint density at radius 1 is 0.312 bits per heavy atom. The van der Waals surface area contributed by atoms with E-state index >= 15 is 0 Å². The van der Waals surface area contributed by atoms with Gasteiger partial charge in [0.05, 0.1) is 11.4 Å². The molecule has 0 saturated heterocycles. The van der Waals surface area contributed by atoms with Gasteiger partial charge in [-0.3, -0.25) is 0 Å². The van der Waals surface area contributed by atoms with Crippen LogP contribution in [0.15, 0.2) is 158 Å². The number of benzene rings is 8. The summed E-state index contributed by atoms with van der Waals surface area (Å²) in [6.45, 7) is 8.73. The molecule has 2 nitrogen and oxygen atoms in total. The largest absolute Gasteiger partial charge is 0.310 e. The molecule has 8 aromatic carbocycles. The van der Waals surface area contributed by atoms with Crippen LogP contribution in [-0.2, 0) is 0 Å². The lowest BCUT2D eigenvalue weighted by Gasteiger charge is -2.30. The molecule has 8 aromatic rings. The van der Waals surface area contributed by atoms with Crippen molar-refractivity contribution in [1.29, 1.82) is 0 Å². The van der Waals surface area contributed by atoms with Gasteiger partial charge in [0.1, 0.15) is 0 Å². The van der Waals surface area contributed by atoms with Gasteiger partial charge in [-0.25, -0.2) is 0 Å². The SMILES string of the molecule is Cc1cc(C)cc(N(c2ccccc2)c2cc3cc(N(c4ccccc4)c4cc(C)cc(C)c4)c4ccccc4c3c3ccccc23)c1. The standard InChI is InChI=1S/C46H38N2/c1-31-23-32(2)26-38(25-31)47(36-15-7-5-8-16-36)44-29-35-30-45(41-20-12-14-22-43(41)46(35)42-21-13-11-19-40(42)44)48(37-17-9-6-10-18-37)39-27-33(3)24-34(4)28-39/h5-30H,1-4H3. The maximum atomic E-state index is 2.43. The van der Waals surface area contributed by atoms with Crippen LogP contribution in [0.4, 0.5) is 34.1 Å². The van der Waals surface area contributed by atoms with Crippen molar-refractivity contribution >= 4 is 66.4 Å². The monoisotopic (exact) mass is 618 g/mol. The summed E-state index contributed by atoms with van der Waals surface area (Å²) in [5.41, 5.74) is 11.9. The highest BCUT2D eigenvalue weighted by molar-refractivity contribution is 6.26. The van der Waals surface area contributed by atoms with Crippen LogP contribution >= 0.6 is 0 Å². The van der Waals surface area contributed by atoms with E-state index in [1.165, 1.54) is 54.6 Å². The van der Waals surface area contributed by atoms with Crippen LogP contribution in [0.1, 0.15) is 22.3 Å². The number of nitrogens with zero attached hydrogens (tertiary/aromatic N) is 2. The van der Waals surface area contributed by atoms with Crippen molar-refractivity contribution < 1.29 is 0 Å². The number of rotatable bonds is 6. The number of anilines is 6. The molecule has 0 fully saturated rings. The molecule has 0 saturated carbocycles. The van der Waals surface area contributed by atoms with Crippen molar-refractivity contribution in [3.63, 3.8) is 0 Å². The first-order chi connectivity index (χ1) is 23.4. The molecule has 0 N–H and O–H groups in total. The molecule has 0 aliphatic heterocycles. The Balaban J connectivity index is 1.49. The molecule has 0 heterocycles. The van der Waals surface area contributed by atoms with E-state index in [4.69, 9.17) is 0 Å². The zero-order valence-electron chi connectivity index (χ0n) is 27.9. The summed E-state index contributed by atoms with van der Waals surface area (Å²) in [4.78, 5) is 4.85. The zero-order chi connectivity index (χ0) is 32.8. The summed E-state index contributed by atoms with van der Waals surface area (Å²) in [6.07, 6.45) is 0. The smallest absolute Gasteiger partial charge is 0.0546 e. The van der Waals surface area contributed by atoms with Crippen LogP contribution < -0.4 is 9.80 Å². The van der Waals surface area contributed by atoms with Crippen molar-refractivity contribution in [2.75, 3.05) is 9.80 Å². The minimum Gasteiger partial charge on any atom is -0.310 e. The molecule has 0 aliphatic rings. The Hall–Kier alpha value is -5.86. The van der Waals surface area contributed by atoms with Gasteiger partial charge in [0, 0.05) is 33.5 Å². The van der Waals surface area contributed by atoms with Crippen molar-refractivity contribution in [3.8, 4) is 0 Å². The minimum atomic E-state index is 1.13. The van der Waals surface area contributed by atoms with Gasteiger partial charge in [-0.15, -0.1) is 0 Å². The molecule has 0 atom stereocenters. The molecule has 0 bridgehead atoms. The van der Waals surface area contributed by atoms with Crippen LogP contribution in [0.25, 0.3) is 32.3 Å². The molecule has 0 aliphatic carbocycles. The van der Waals surface area contributed by atoms with E-state index in [-0.39, 0.29) is 0 Å². The van der Waals surface area contributed by atoms with Crippen molar-refractivity contribution in [2.45, 2.75) is 27.7 Å². The lowest BCUT2D eigenvalue weighted by molar-refractivity contribution is 1.26. The second-order valence-electron chi connectivity index (χ2n) is 13.0. The summed E-state index contributed by atoms with van der Waals surface area (Å²) in [7, 11) is 0. The van der Waals surface area contributed by atoms with Gasteiger partial charge in [-0.05, 0) is 132 Å². The fourth-order valence-electron chi connectivity index (χ4n) is 7.48. The Labute approximate surface area is 283 Å². The normalized spacial score (nSPS) is 11.3. The number of aryl methyl sites for hydroxylation is 4. The van der Waals surface area contributed by atoms with Crippen LogP contribution in [0.5, 0.6) is 0 Å². The topological polar surface area (TPSA) is 6.48 Å². The molecule has 2 heteroatoms. The van der Waals surface area contributed by atoms with Crippen LogP contribution in [-0.4, -0.2) is 0 Å². The summed E-state index contributed by atoms with van der Waals surface area (Å²) in [5, 5.41) is 7.41. The fraction of sp³-hybridized carbons (Fsp3) is 0.0870. The van der Waals surface area contributed by atoms with Gasteiger partial charge in [-0.2, -0.15) is 0 Å². The molecular formula is C46H38N2. The van der Waals surface area contributed by atoms with E-state index in [1.54, 1.807) is 0 Å². The van der Waals surface area contributed by atoms with E-state index in [0.29, 0.717) is 0 Å². The first kappa shape index (κ1) is 29.5. The quantitative estimate of drug-likeness (QED) is 0.171. The third-order valence-electron chi connectivity index (χ3n) is 9.26. The van der Waals surface area contributed by atoms with Crippen LogP contribution in [0.2, 0.25) is 0 Å². The van der Waals surface area contributed by atoms with E-state index < -0.39 is 0 Å². The second kappa shape index (κ2) is 12.1. The number of para-hydroxylation sites is 2. The third kappa shape index (κ3) is 5.26. The average molecular weight is 619 g/mol. The Bertz CT molecular complexity index is 2230. The summed E-state index contributed by atoms with van der Waals surface area (Å²) < 4.78 is 0. The summed E-state index contributed by atoms with van der Waals surface area (Å²) in [5.74, 6) is 0. The van der Waals surface area contributed by atoms with E-state index in [0.717, 1.165) is 34.1 Å². The molecule has 232 valence electrons. The highest BCUT2D eigenvalue weighted by atomic mass is 15.2. The van der Waals surface area contributed by atoms with Crippen LogP contribution in [0.3, 0.4) is 0 Å². The van der Waals surface area contributed by atoms with E-state index in [9.17, 15) is 0 Å². The third-order valence-corrected chi connectivity index (χ3v) is 9.26. The van der Waals surface area contributed by atoms with Gasteiger partial charge in [0.2, 0.25) is 0 Å². The Kier molecular flexibility index (Phi) is 7.42. The maximum absolute atomic E-state index is 2.43. The molecule has 0 unspecified atom stereocenters. The molecule has 0 aromatic heterocycles. The fourth-order valence-corrected chi connectivity index (χ4v) is 7.48. The van der Waals surface area contributed by atoms with Gasteiger partial charge in [0.25, 0.3) is 0 Å². The number of hydrogen-bond acceptors (Lipinski definition) is 2. The lowest BCUT2D eigenvalue weighted by atomic mass is 9.93. The summed E-state index contributed by atoms with van der Waals surface area (Å²) >= 11 is 0. The van der Waals surface area contributed by atoms with E-state index in [1.807, 2.05) is 0 Å². The van der Waals surface area contributed by atoms with Gasteiger partial charge >= 0.3 is 0 Å². The molecule has 48 heavy (non-hydrogen) atoms. The lowest BCUT2D eigenvalue weighted by Crippen LogP contribution is -2.12. The van der Waals surface area contributed by atoms with Gasteiger partial charge in [-0.1, -0.05) is 97.1 Å². The van der Waals surface area contributed by atoms with Crippen molar-refractivity contribution in [3.05, 3.63) is 180 Å². The molecule has 0 amide bonds. The van der Waals surface area contributed by atoms with Crippen molar-refractivity contribution in [1.82, 2.24) is 0 Å². The minimum absolute atomic E-state index is 1.13. The molecular weight excluding hydrogens is 581 g/mol.